The van der Waals surface area contributed by atoms with Gasteiger partial charge in [-0.15, -0.1) is 0 Å². The molecule has 17 heavy (non-hydrogen) atoms. The molecule has 1 fully saturated rings. The third-order valence-electron chi connectivity index (χ3n) is 3.35. The van der Waals surface area contributed by atoms with Crippen molar-refractivity contribution in [2.45, 2.75) is 64.7 Å². The zero-order valence-electron chi connectivity index (χ0n) is 10.8. The van der Waals surface area contributed by atoms with Gasteiger partial charge in [0.1, 0.15) is 0 Å². The van der Waals surface area contributed by atoms with Gasteiger partial charge < -0.3 is 5.11 Å². The van der Waals surface area contributed by atoms with Crippen molar-refractivity contribution >= 4 is 5.78 Å². The molecule has 0 aromatic rings. The number of carbonyl (C=O) groups excluding carboxylic acids is 1. The molecule has 0 aromatic carbocycles. The van der Waals surface area contributed by atoms with Gasteiger partial charge in [0.25, 0.3) is 0 Å². The molecular weight excluding hydrogens is 251 g/mol. The van der Waals surface area contributed by atoms with Gasteiger partial charge in [-0.25, -0.2) is 0 Å². The summed E-state index contributed by atoms with van der Waals surface area (Å²) in [4.78, 5) is 11.8. The van der Waals surface area contributed by atoms with Crippen LogP contribution in [0.25, 0.3) is 0 Å². The summed E-state index contributed by atoms with van der Waals surface area (Å²) in [5.41, 5.74) is 0. The number of aliphatic hydroxyl groups is 1. The van der Waals surface area contributed by atoms with Crippen molar-refractivity contribution in [2.75, 3.05) is 0 Å². The summed E-state index contributed by atoms with van der Waals surface area (Å²) in [5.74, 6) is 0.611. The van der Waals surface area contributed by atoms with Crippen LogP contribution in [0.15, 0.2) is 11.8 Å². The third-order valence-corrected chi connectivity index (χ3v) is 3.35. The Morgan fingerprint density at radius 1 is 1.24 bits per heavy atom. The van der Waals surface area contributed by atoms with E-state index in [2.05, 4.69) is 6.92 Å². The number of ketones is 1. The number of aliphatic hydroxyl groups excluding tert-OH is 1. The smallest absolute Gasteiger partial charge is 0.162 e. The van der Waals surface area contributed by atoms with Crippen molar-refractivity contribution in [3.63, 3.8) is 0 Å². The first-order chi connectivity index (χ1) is 7.74. The Bertz CT molecular complexity index is 243. The van der Waals surface area contributed by atoms with Crippen LogP contribution in [0.3, 0.4) is 0 Å². The topological polar surface area (TPSA) is 37.3 Å². The Morgan fingerprint density at radius 3 is 2.47 bits per heavy atom. The van der Waals surface area contributed by atoms with Gasteiger partial charge in [0.05, 0.1) is 5.76 Å². The monoisotopic (exact) mass is 275 g/mol. The van der Waals surface area contributed by atoms with Crippen molar-refractivity contribution < 1.29 is 28.5 Å². The summed E-state index contributed by atoms with van der Waals surface area (Å²) >= 11 is 0. The van der Waals surface area contributed by atoms with Gasteiger partial charge in [0.2, 0.25) is 0 Å². The van der Waals surface area contributed by atoms with Crippen LogP contribution in [0, 0.1) is 5.92 Å². The average molecular weight is 275 g/mol. The van der Waals surface area contributed by atoms with E-state index < -0.39 is 0 Å². The van der Waals surface area contributed by atoms with Crippen LogP contribution in [0.1, 0.15) is 64.7 Å². The third kappa shape index (κ3) is 6.95. The van der Waals surface area contributed by atoms with E-state index in [0.29, 0.717) is 6.42 Å². The number of carbonyl (C=O) groups is 1. The standard InChI is InChI=1S/C14H24O2.V/c1-2-3-5-10-13(15)11-14(16)12-8-6-4-7-9-12;/h11-12,15H,2-10H2,1H3;/b13-11-;. The number of hydrogen-bond acceptors (Lipinski definition) is 2. The van der Waals surface area contributed by atoms with Gasteiger partial charge in [0.15, 0.2) is 5.78 Å². The number of rotatable bonds is 6. The summed E-state index contributed by atoms with van der Waals surface area (Å²) in [5, 5.41) is 9.62. The van der Waals surface area contributed by atoms with Crippen molar-refractivity contribution in [1.29, 1.82) is 0 Å². The number of hydrogen-bond donors (Lipinski definition) is 1. The molecule has 97 valence electrons. The Balaban J connectivity index is 0.00000256. The quantitative estimate of drug-likeness (QED) is 0.449. The van der Waals surface area contributed by atoms with Gasteiger partial charge in [-0.3, -0.25) is 4.79 Å². The zero-order valence-corrected chi connectivity index (χ0v) is 12.2. The SMILES string of the molecule is CCCCC/C(O)=C/C(=O)C1CCCCC1.[V]. The van der Waals surface area contributed by atoms with Crippen molar-refractivity contribution in [3.05, 3.63) is 11.8 Å². The molecule has 0 saturated heterocycles. The normalized spacial score (nSPS) is 17.6. The second kappa shape index (κ2) is 9.79. The van der Waals surface area contributed by atoms with Gasteiger partial charge in [-0.05, 0) is 19.3 Å². The summed E-state index contributed by atoms with van der Waals surface area (Å²) in [7, 11) is 0. The Labute approximate surface area is 117 Å². The Hall–Kier alpha value is -0.206. The minimum atomic E-state index is 0. The fourth-order valence-electron chi connectivity index (χ4n) is 2.30. The maximum Gasteiger partial charge on any atom is 0.162 e. The van der Waals surface area contributed by atoms with E-state index in [-0.39, 0.29) is 36.0 Å². The second-order valence-electron chi connectivity index (χ2n) is 4.83. The largest absolute Gasteiger partial charge is 0.512 e. The minimum Gasteiger partial charge on any atom is -0.512 e. The molecule has 0 bridgehead atoms. The molecule has 1 N–H and O–H groups in total. The molecule has 0 unspecified atom stereocenters. The van der Waals surface area contributed by atoms with E-state index >= 15 is 0 Å². The van der Waals surface area contributed by atoms with Crippen LogP contribution >= 0.6 is 0 Å². The molecular formula is C14H24O2V. The zero-order chi connectivity index (χ0) is 11.8. The van der Waals surface area contributed by atoms with Crippen molar-refractivity contribution in [1.82, 2.24) is 0 Å². The molecule has 0 spiro atoms. The molecule has 0 aromatic heterocycles. The molecule has 1 saturated carbocycles. The van der Waals surface area contributed by atoms with E-state index in [9.17, 15) is 9.90 Å². The first-order valence-electron chi connectivity index (χ1n) is 6.67. The van der Waals surface area contributed by atoms with Crippen LogP contribution in [0.4, 0.5) is 0 Å². The predicted molar refractivity (Wildman–Crippen MR) is 66.4 cm³/mol. The van der Waals surface area contributed by atoms with Crippen LogP contribution in [0.2, 0.25) is 0 Å². The predicted octanol–water partition coefficient (Wildman–Crippen LogP) is 4.16. The molecule has 1 rings (SSSR count). The average Bonchev–Trinajstić information content (AvgIpc) is 2.30. The molecule has 0 atom stereocenters. The number of allylic oxidation sites excluding steroid dienone is 2. The van der Waals surface area contributed by atoms with Crippen LogP contribution in [-0.2, 0) is 23.4 Å². The molecule has 0 aliphatic heterocycles. The molecule has 1 aliphatic carbocycles. The fraction of sp³-hybridized carbons (Fsp3) is 0.786. The first-order valence-corrected chi connectivity index (χ1v) is 6.67. The maximum atomic E-state index is 11.8. The molecule has 0 heterocycles. The fourth-order valence-corrected chi connectivity index (χ4v) is 2.30. The summed E-state index contributed by atoms with van der Waals surface area (Å²) in [6.07, 6.45) is 11.0. The van der Waals surface area contributed by atoms with Crippen LogP contribution < -0.4 is 0 Å². The Morgan fingerprint density at radius 2 is 1.88 bits per heavy atom. The Kier molecular flexibility index (Phi) is 9.67. The molecule has 0 amide bonds. The van der Waals surface area contributed by atoms with Gasteiger partial charge in [-0.1, -0.05) is 39.0 Å². The van der Waals surface area contributed by atoms with E-state index in [4.69, 9.17) is 0 Å². The minimum absolute atomic E-state index is 0. The second-order valence-corrected chi connectivity index (χ2v) is 4.83. The van der Waals surface area contributed by atoms with Gasteiger partial charge in [0, 0.05) is 37.0 Å². The van der Waals surface area contributed by atoms with E-state index in [0.717, 1.165) is 32.1 Å². The van der Waals surface area contributed by atoms with E-state index in [1.165, 1.54) is 25.3 Å². The molecule has 3 heteroatoms. The van der Waals surface area contributed by atoms with Crippen LogP contribution in [0.5, 0.6) is 0 Å². The van der Waals surface area contributed by atoms with Gasteiger partial charge >= 0.3 is 0 Å². The molecule has 1 radical (unpaired) electrons. The van der Waals surface area contributed by atoms with Gasteiger partial charge in [-0.2, -0.15) is 0 Å². The molecule has 1 aliphatic rings. The summed E-state index contributed by atoms with van der Waals surface area (Å²) in [6.45, 7) is 2.13. The first kappa shape index (κ1) is 16.8. The van der Waals surface area contributed by atoms with E-state index in [1.54, 1.807) is 0 Å². The summed E-state index contributed by atoms with van der Waals surface area (Å²) in [6, 6.07) is 0. The van der Waals surface area contributed by atoms with E-state index in [1.807, 2.05) is 0 Å². The van der Waals surface area contributed by atoms with Crippen molar-refractivity contribution in [3.8, 4) is 0 Å². The summed E-state index contributed by atoms with van der Waals surface area (Å²) < 4.78 is 0. The number of unbranched alkanes of at least 4 members (excludes halogenated alkanes) is 2. The van der Waals surface area contributed by atoms with Crippen LogP contribution in [-0.4, -0.2) is 10.9 Å². The maximum absolute atomic E-state index is 11.8. The molecule has 2 nitrogen and oxygen atoms in total. The van der Waals surface area contributed by atoms with Crippen molar-refractivity contribution in [2.24, 2.45) is 5.92 Å².